The van der Waals surface area contributed by atoms with Crippen molar-refractivity contribution in [3.05, 3.63) is 29.8 Å². The van der Waals surface area contributed by atoms with Crippen molar-refractivity contribution >= 4 is 0 Å². The predicted octanol–water partition coefficient (Wildman–Crippen LogP) is 5.06. The molecule has 0 bridgehead atoms. The van der Waals surface area contributed by atoms with Crippen molar-refractivity contribution in [3.8, 4) is 5.75 Å². The van der Waals surface area contributed by atoms with Crippen LogP contribution >= 0.6 is 0 Å². The molecular weight excluding hydrogens is 279 g/mol. The standard InChI is InChI=1S/C16H24F3NO/c1-4-11-20-15(12(5-2)6-3)13-9-7-8-10-14(13)21-16(17,18)19/h7-10,12,15,20H,4-6,11H2,1-3H3. The van der Waals surface area contributed by atoms with Crippen LogP contribution in [0, 0.1) is 5.92 Å². The van der Waals surface area contributed by atoms with Crippen molar-refractivity contribution in [2.45, 2.75) is 52.4 Å². The van der Waals surface area contributed by atoms with Gasteiger partial charge in [-0.15, -0.1) is 13.2 Å². The number of alkyl halides is 3. The minimum absolute atomic E-state index is 0.106. The number of hydrogen-bond donors (Lipinski definition) is 1. The summed E-state index contributed by atoms with van der Waals surface area (Å²) in [7, 11) is 0. The summed E-state index contributed by atoms with van der Waals surface area (Å²) in [5.74, 6) is 0.167. The highest BCUT2D eigenvalue weighted by atomic mass is 19.4. The van der Waals surface area contributed by atoms with E-state index in [2.05, 4.69) is 23.9 Å². The topological polar surface area (TPSA) is 21.3 Å². The van der Waals surface area contributed by atoms with Gasteiger partial charge in [0.05, 0.1) is 0 Å². The van der Waals surface area contributed by atoms with Gasteiger partial charge in [-0.1, -0.05) is 51.8 Å². The fourth-order valence-electron chi connectivity index (χ4n) is 2.55. The molecule has 0 radical (unpaired) electrons. The number of nitrogens with one attached hydrogen (secondary N) is 1. The molecular formula is C16H24F3NO. The molecule has 0 saturated carbocycles. The lowest BCUT2D eigenvalue weighted by Crippen LogP contribution is -2.30. The molecule has 1 unspecified atom stereocenters. The minimum atomic E-state index is -4.67. The van der Waals surface area contributed by atoms with Crippen LogP contribution in [-0.2, 0) is 0 Å². The van der Waals surface area contributed by atoms with Gasteiger partial charge in [0.15, 0.2) is 0 Å². The molecule has 2 nitrogen and oxygen atoms in total. The van der Waals surface area contributed by atoms with Crippen LogP contribution in [0.25, 0.3) is 0 Å². The summed E-state index contributed by atoms with van der Waals surface area (Å²) in [5, 5.41) is 3.37. The molecule has 1 rings (SSSR count). The maximum absolute atomic E-state index is 12.6. The van der Waals surface area contributed by atoms with Gasteiger partial charge in [-0.05, 0) is 24.9 Å². The number of hydrogen-bond acceptors (Lipinski definition) is 2. The summed E-state index contributed by atoms with van der Waals surface area (Å²) in [5.41, 5.74) is 0.581. The van der Waals surface area contributed by atoms with E-state index < -0.39 is 6.36 Å². The Bertz CT molecular complexity index is 416. The highest BCUT2D eigenvalue weighted by Gasteiger charge is 2.33. The van der Waals surface area contributed by atoms with E-state index in [0.29, 0.717) is 5.56 Å². The third kappa shape index (κ3) is 5.58. The summed E-state index contributed by atoms with van der Waals surface area (Å²) in [6.07, 6.45) is -1.94. The Kier molecular flexibility index (Phi) is 7.02. The number of rotatable bonds is 8. The SMILES string of the molecule is CCCNC(c1ccccc1OC(F)(F)F)C(CC)CC. The Balaban J connectivity index is 3.11. The Labute approximate surface area is 124 Å². The van der Waals surface area contributed by atoms with Crippen LogP contribution in [0.5, 0.6) is 5.75 Å². The van der Waals surface area contributed by atoms with Crippen LogP contribution in [0.3, 0.4) is 0 Å². The van der Waals surface area contributed by atoms with Crippen LogP contribution in [-0.4, -0.2) is 12.9 Å². The van der Waals surface area contributed by atoms with E-state index >= 15 is 0 Å². The van der Waals surface area contributed by atoms with Crippen LogP contribution in [0.4, 0.5) is 13.2 Å². The molecule has 120 valence electrons. The van der Waals surface area contributed by atoms with Crippen molar-refractivity contribution in [3.63, 3.8) is 0 Å². The van der Waals surface area contributed by atoms with E-state index in [4.69, 9.17) is 0 Å². The molecule has 1 aromatic carbocycles. The van der Waals surface area contributed by atoms with E-state index in [1.807, 2.05) is 6.92 Å². The molecule has 1 N–H and O–H groups in total. The second kappa shape index (κ2) is 8.27. The zero-order valence-electron chi connectivity index (χ0n) is 12.8. The first-order chi connectivity index (χ1) is 9.92. The summed E-state index contributed by atoms with van der Waals surface area (Å²) in [6.45, 7) is 6.92. The van der Waals surface area contributed by atoms with Gasteiger partial charge in [0.25, 0.3) is 0 Å². The number of benzene rings is 1. The van der Waals surface area contributed by atoms with Crippen LogP contribution in [0.2, 0.25) is 0 Å². The van der Waals surface area contributed by atoms with Gasteiger partial charge in [-0.2, -0.15) is 0 Å². The van der Waals surface area contributed by atoms with Crippen molar-refractivity contribution in [2.75, 3.05) is 6.54 Å². The molecule has 0 aliphatic carbocycles. The molecule has 1 aromatic rings. The number of para-hydroxylation sites is 1. The van der Waals surface area contributed by atoms with E-state index in [1.54, 1.807) is 18.2 Å². The Hall–Kier alpha value is -1.23. The number of ether oxygens (including phenoxy) is 1. The fourth-order valence-corrected chi connectivity index (χ4v) is 2.55. The summed E-state index contributed by atoms with van der Waals surface area (Å²) in [4.78, 5) is 0. The molecule has 0 saturated heterocycles. The van der Waals surface area contributed by atoms with Gasteiger partial charge >= 0.3 is 6.36 Å². The maximum atomic E-state index is 12.6. The Morgan fingerprint density at radius 3 is 2.24 bits per heavy atom. The molecule has 1 atom stereocenters. The van der Waals surface area contributed by atoms with Gasteiger partial charge in [0.1, 0.15) is 5.75 Å². The molecule has 0 aliphatic heterocycles. The van der Waals surface area contributed by atoms with E-state index in [9.17, 15) is 13.2 Å². The summed E-state index contributed by atoms with van der Waals surface area (Å²) in [6, 6.07) is 6.28. The van der Waals surface area contributed by atoms with Gasteiger partial charge in [-0.25, -0.2) is 0 Å². The van der Waals surface area contributed by atoms with E-state index in [-0.39, 0.29) is 17.7 Å². The zero-order valence-corrected chi connectivity index (χ0v) is 12.8. The molecule has 5 heteroatoms. The molecule has 0 aliphatic rings. The summed E-state index contributed by atoms with van der Waals surface area (Å²) >= 11 is 0. The third-order valence-corrected chi connectivity index (χ3v) is 3.61. The van der Waals surface area contributed by atoms with Crippen molar-refractivity contribution in [1.29, 1.82) is 0 Å². The van der Waals surface area contributed by atoms with Crippen LogP contribution < -0.4 is 10.1 Å². The first kappa shape index (κ1) is 17.8. The quantitative estimate of drug-likeness (QED) is 0.724. The van der Waals surface area contributed by atoms with Gasteiger partial charge in [0, 0.05) is 11.6 Å². The van der Waals surface area contributed by atoms with Gasteiger partial charge in [-0.3, -0.25) is 0 Å². The maximum Gasteiger partial charge on any atom is 0.573 e. The molecule has 0 heterocycles. The average molecular weight is 303 g/mol. The second-order valence-corrected chi connectivity index (χ2v) is 5.09. The molecule has 0 fully saturated rings. The summed E-state index contributed by atoms with van der Waals surface area (Å²) < 4.78 is 41.9. The number of halogens is 3. The molecule has 0 amide bonds. The smallest absolute Gasteiger partial charge is 0.405 e. The Morgan fingerprint density at radius 2 is 1.71 bits per heavy atom. The lowest BCUT2D eigenvalue weighted by Gasteiger charge is -2.28. The first-order valence-corrected chi connectivity index (χ1v) is 7.50. The fraction of sp³-hybridized carbons (Fsp3) is 0.625. The van der Waals surface area contributed by atoms with Crippen molar-refractivity contribution in [1.82, 2.24) is 5.32 Å². The molecule has 0 spiro atoms. The lowest BCUT2D eigenvalue weighted by atomic mass is 9.88. The van der Waals surface area contributed by atoms with Crippen molar-refractivity contribution in [2.24, 2.45) is 5.92 Å². The highest BCUT2D eigenvalue weighted by molar-refractivity contribution is 5.36. The van der Waals surface area contributed by atoms with Crippen LogP contribution in [0.1, 0.15) is 51.6 Å². The average Bonchev–Trinajstić information content (AvgIpc) is 2.43. The Morgan fingerprint density at radius 1 is 1.10 bits per heavy atom. The lowest BCUT2D eigenvalue weighted by molar-refractivity contribution is -0.275. The monoisotopic (exact) mass is 303 g/mol. The molecule has 0 aromatic heterocycles. The highest BCUT2D eigenvalue weighted by Crippen LogP contribution is 2.35. The largest absolute Gasteiger partial charge is 0.573 e. The van der Waals surface area contributed by atoms with Crippen molar-refractivity contribution < 1.29 is 17.9 Å². The first-order valence-electron chi connectivity index (χ1n) is 7.50. The van der Waals surface area contributed by atoms with Gasteiger partial charge < -0.3 is 10.1 Å². The third-order valence-electron chi connectivity index (χ3n) is 3.61. The molecule has 21 heavy (non-hydrogen) atoms. The predicted molar refractivity (Wildman–Crippen MR) is 78.2 cm³/mol. The zero-order chi connectivity index (χ0) is 15.9. The minimum Gasteiger partial charge on any atom is -0.405 e. The van der Waals surface area contributed by atoms with E-state index in [1.165, 1.54) is 6.07 Å². The van der Waals surface area contributed by atoms with Gasteiger partial charge in [0.2, 0.25) is 0 Å². The van der Waals surface area contributed by atoms with E-state index in [0.717, 1.165) is 25.8 Å². The normalized spacial score (nSPS) is 13.5. The second-order valence-electron chi connectivity index (χ2n) is 5.09. The van der Waals surface area contributed by atoms with Crippen LogP contribution in [0.15, 0.2) is 24.3 Å².